The molecule has 2 heterocycles. The van der Waals surface area contributed by atoms with Crippen LogP contribution < -0.4 is 9.64 Å². The number of ether oxygens (including phenoxy) is 1. The molecule has 1 aromatic heterocycles. The highest BCUT2D eigenvalue weighted by Gasteiger charge is 2.23. The van der Waals surface area contributed by atoms with Crippen LogP contribution in [0.2, 0.25) is 0 Å². The molecule has 0 spiro atoms. The minimum atomic E-state index is -0.401. The third kappa shape index (κ3) is 4.06. The predicted octanol–water partition coefficient (Wildman–Crippen LogP) is 3.43. The van der Waals surface area contributed by atoms with Crippen molar-refractivity contribution in [3.05, 3.63) is 65.7 Å². The maximum absolute atomic E-state index is 12.9. The van der Waals surface area contributed by atoms with Crippen LogP contribution in [0, 0.1) is 6.92 Å². The smallest absolute Gasteiger partial charge is 0.308 e. The average Bonchev–Trinajstić information content (AvgIpc) is 2.73. The maximum Gasteiger partial charge on any atom is 0.308 e. The molecule has 2 aromatic carbocycles. The predicted molar refractivity (Wildman–Crippen MR) is 112 cm³/mol. The van der Waals surface area contributed by atoms with E-state index in [-0.39, 0.29) is 5.91 Å². The lowest BCUT2D eigenvalue weighted by atomic mass is 10.1. The van der Waals surface area contributed by atoms with Gasteiger partial charge in [0.2, 0.25) is 0 Å². The third-order valence-corrected chi connectivity index (χ3v) is 5.14. The van der Waals surface area contributed by atoms with Crippen molar-refractivity contribution in [2.45, 2.75) is 13.8 Å². The van der Waals surface area contributed by atoms with Gasteiger partial charge in [0.1, 0.15) is 11.6 Å². The first kappa shape index (κ1) is 18.9. The van der Waals surface area contributed by atoms with Gasteiger partial charge in [0, 0.05) is 44.1 Å². The Morgan fingerprint density at radius 1 is 0.966 bits per heavy atom. The quantitative estimate of drug-likeness (QED) is 0.507. The van der Waals surface area contributed by atoms with E-state index in [0.717, 1.165) is 29.8 Å². The SMILES string of the molecule is CC(=O)Oc1cccc(C(=O)N2CCN(c3cc(C)c4ccccc4n3)CC2)c1. The van der Waals surface area contributed by atoms with Gasteiger partial charge in [-0.1, -0.05) is 24.3 Å². The Morgan fingerprint density at radius 3 is 2.48 bits per heavy atom. The molecule has 1 fully saturated rings. The Hall–Kier alpha value is -3.41. The standard InChI is InChI=1S/C23H23N3O3/c1-16-14-22(24-21-9-4-3-8-20(16)21)25-10-12-26(13-11-25)23(28)18-6-5-7-19(15-18)29-17(2)27/h3-9,14-15H,10-13H2,1-2H3. The number of pyridine rings is 1. The molecular weight excluding hydrogens is 366 g/mol. The molecule has 0 radical (unpaired) electrons. The van der Waals surface area contributed by atoms with Gasteiger partial charge < -0.3 is 14.5 Å². The first-order valence-corrected chi connectivity index (χ1v) is 9.70. The van der Waals surface area contributed by atoms with Crippen LogP contribution in [0.15, 0.2) is 54.6 Å². The van der Waals surface area contributed by atoms with Gasteiger partial charge in [-0.15, -0.1) is 0 Å². The van der Waals surface area contributed by atoms with Gasteiger partial charge in [-0.25, -0.2) is 4.98 Å². The number of para-hydroxylation sites is 1. The molecule has 1 aliphatic heterocycles. The number of rotatable bonds is 3. The Balaban J connectivity index is 1.46. The molecule has 1 amide bonds. The van der Waals surface area contributed by atoms with Crippen molar-refractivity contribution >= 4 is 28.6 Å². The normalized spacial score (nSPS) is 14.1. The number of aromatic nitrogens is 1. The number of anilines is 1. The van der Waals surface area contributed by atoms with Crippen molar-refractivity contribution in [2.24, 2.45) is 0 Å². The zero-order chi connectivity index (χ0) is 20.4. The molecule has 0 unspecified atom stereocenters. The van der Waals surface area contributed by atoms with Crippen molar-refractivity contribution in [3.63, 3.8) is 0 Å². The van der Waals surface area contributed by atoms with Crippen molar-refractivity contribution in [1.29, 1.82) is 0 Å². The second-order valence-electron chi connectivity index (χ2n) is 7.22. The number of esters is 1. The number of benzene rings is 2. The summed E-state index contributed by atoms with van der Waals surface area (Å²) in [5, 5.41) is 1.16. The summed E-state index contributed by atoms with van der Waals surface area (Å²) >= 11 is 0. The summed E-state index contributed by atoms with van der Waals surface area (Å²) in [6.45, 7) is 6.12. The number of carbonyl (C=O) groups excluding carboxylic acids is 2. The van der Waals surface area contributed by atoms with E-state index in [9.17, 15) is 9.59 Å². The first-order valence-electron chi connectivity index (χ1n) is 9.70. The number of hydrogen-bond donors (Lipinski definition) is 0. The zero-order valence-corrected chi connectivity index (χ0v) is 16.6. The zero-order valence-electron chi connectivity index (χ0n) is 16.6. The molecule has 6 nitrogen and oxygen atoms in total. The highest BCUT2D eigenvalue weighted by molar-refractivity contribution is 5.95. The molecule has 0 bridgehead atoms. The van der Waals surface area contributed by atoms with Crippen LogP contribution in [0.25, 0.3) is 10.9 Å². The minimum absolute atomic E-state index is 0.0543. The average molecular weight is 389 g/mol. The van der Waals surface area contributed by atoms with Gasteiger partial charge in [0.05, 0.1) is 5.52 Å². The number of piperazine rings is 1. The van der Waals surface area contributed by atoms with Crippen LogP contribution in [0.1, 0.15) is 22.8 Å². The van der Waals surface area contributed by atoms with Crippen LogP contribution in [0.5, 0.6) is 5.75 Å². The third-order valence-electron chi connectivity index (χ3n) is 5.14. The van der Waals surface area contributed by atoms with Gasteiger partial charge in [0.25, 0.3) is 5.91 Å². The van der Waals surface area contributed by atoms with Gasteiger partial charge in [-0.05, 0) is 42.8 Å². The molecule has 3 aromatic rings. The Bertz CT molecular complexity index is 1070. The summed E-state index contributed by atoms with van der Waals surface area (Å²) in [5.41, 5.74) is 2.71. The summed E-state index contributed by atoms with van der Waals surface area (Å²) in [6, 6.07) is 17.0. The lowest BCUT2D eigenvalue weighted by Crippen LogP contribution is -2.49. The highest BCUT2D eigenvalue weighted by Crippen LogP contribution is 2.24. The molecule has 0 aliphatic carbocycles. The number of amides is 1. The van der Waals surface area contributed by atoms with Crippen LogP contribution >= 0.6 is 0 Å². The molecule has 6 heteroatoms. The summed E-state index contributed by atoms with van der Waals surface area (Å²) in [7, 11) is 0. The monoisotopic (exact) mass is 389 g/mol. The topological polar surface area (TPSA) is 62.7 Å². The highest BCUT2D eigenvalue weighted by atomic mass is 16.5. The number of nitrogens with zero attached hydrogens (tertiary/aromatic N) is 3. The van der Waals surface area contributed by atoms with Gasteiger partial charge in [-0.2, -0.15) is 0 Å². The van der Waals surface area contributed by atoms with Gasteiger partial charge in [-0.3, -0.25) is 9.59 Å². The van der Waals surface area contributed by atoms with Gasteiger partial charge >= 0.3 is 5.97 Å². The minimum Gasteiger partial charge on any atom is -0.427 e. The number of carbonyl (C=O) groups is 2. The second-order valence-corrected chi connectivity index (χ2v) is 7.22. The molecule has 0 atom stereocenters. The fourth-order valence-corrected chi connectivity index (χ4v) is 3.67. The number of aryl methyl sites for hydroxylation is 1. The number of fused-ring (bicyclic) bond motifs is 1. The Morgan fingerprint density at radius 2 is 1.72 bits per heavy atom. The second kappa shape index (κ2) is 7.91. The lowest BCUT2D eigenvalue weighted by molar-refractivity contribution is -0.131. The Labute approximate surface area is 169 Å². The largest absolute Gasteiger partial charge is 0.427 e. The van der Waals surface area contributed by atoms with E-state index in [1.165, 1.54) is 12.5 Å². The summed E-state index contributed by atoms with van der Waals surface area (Å²) in [6.07, 6.45) is 0. The van der Waals surface area contributed by atoms with Crippen molar-refractivity contribution < 1.29 is 14.3 Å². The fraction of sp³-hybridized carbons (Fsp3) is 0.261. The van der Waals surface area contributed by atoms with Crippen molar-refractivity contribution in [1.82, 2.24) is 9.88 Å². The molecule has 0 saturated carbocycles. The van der Waals surface area contributed by atoms with Crippen molar-refractivity contribution in [2.75, 3.05) is 31.1 Å². The fourth-order valence-electron chi connectivity index (χ4n) is 3.67. The van der Waals surface area contributed by atoms with E-state index in [4.69, 9.17) is 9.72 Å². The van der Waals surface area contributed by atoms with Crippen LogP contribution in [0.4, 0.5) is 5.82 Å². The van der Waals surface area contributed by atoms with E-state index in [1.807, 2.05) is 23.1 Å². The molecular formula is C23H23N3O3. The van der Waals surface area contributed by atoms with Crippen molar-refractivity contribution in [3.8, 4) is 5.75 Å². The molecule has 0 N–H and O–H groups in total. The van der Waals surface area contributed by atoms with Crippen LogP contribution in [0.3, 0.4) is 0 Å². The molecule has 1 saturated heterocycles. The Kier molecular flexibility index (Phi) is 5.16. The maximum atomic E-state index is 12.9. The molecule has 1 aliphatic rings. The molecule has 4 rings (SSSR count). The van der Waals surface area contributed by atoms with Crippen LogP contribution in [-0.2, 0) is 4.79 Å². The van der Waals surface area contributed by atoms with E-state index in [0.29, 0.717) is 24.4 Å². The summed E-state index contributed by atoms with van der Waals surface area (Å²) < 4.78 is 5.09. The van der Waals surface area contributed by atoms with Gasteiger partial charge in [0.15, 0.2) is 0 Å². The van der Waals surface area contributed by atoms with Crippen LogP contribution in [-0.4, -0.2) is 47.9 Å². The molecule has 29 heavy (non-hydrogen) atoms. The summed E-state index contributed by atoms with van der Waals surface area (Å²) in [5.74, 6) is 0.880. The molecule has 148 valence electrons. The summed E-state index contributed by atoms with van der Waals surface area (Å²) in [4.78, 5) is 32.9. The van der Waals surface area contributed by atoms with E-state index in [2.05, 4.69) is 24.0 Å². The number of hydrogen-bond acceptors (Lipinski definition) is 5. The lowest BCUT2D eigenvalue weighted by Gasteiger charge is -2.35. The first-order chi connectivity index (χ1) is 14.0. The van der Waals surface area contributed by atoms with E-state index in [1.54, 1.807) is 24.3 Å². The van der Waals surface area contributed by atoms with E-state index < -0.39 is 5.97 Å². The van der Waals surface area contributed by atoms with E-state index >= 15 is 0 Å².